The van der Waals surface area contributed by atoms with E-state index in [9.17, 15) is 13.2 Å². The molecule has 0 fully saturated rings. The van der Waals surface area contributed by atoms with Gasteiger partial charge in [-0.3, -0.25) is 0 Å². The second-order valence-electron chi connectivity index (χ2n) is 2.15. The Morgan fingerprint density at radius 2 is 1.90 bits per heavy atom. The number of ether oxygens (including phenoxy) is 1. The molecule has 10 heavy (non-hydrogen) atoms. The van der Waals surface area contributed by atoms with Crippen molar-refractivity contribution in [2.45, 2.75) is 32.5 Å². The van der Waals surface area contributed by atoms with Gasteiger partial charge in [0.1, 0.15) is 6.61 Å². The molecule has 0 bridgehead atoms. The van der Waals surface area contributed by atoms with E-state index in [4.69, 9.17) is 0 Å². The largest absolute Gasteiger partial charge is 0.411 e. The molecule has 0 unspecified atom stereocenters. The molecule has 0 spiro atoms. The lowest BCUT2D eigenvalue weighted by molar-refractivity contribution is -0.183. The highest BCUT2D eigenvalue weighted by Crippen LogP contribution is 2.15. The molecule has 62 valence electrons. The van der Waals surface area contributed by atoms with Crippen molar-refractivity contribution in [2.24, 2.45) is 0 Å². The molecule has 0 aliphatic heterocycles. The van der Waals surface area contributed by atoms with E-state index < -0.39 is 12.8 Å². The van der Waals surface area contributed by atoms with E-state index in [2.05, 4.69) is 4.74 Å². The van der Waals surface area contributed by atoms with Gasteiger partial charge in [-0.1, -0.05) is 6.92 Å². The van der Waals surface area contributed by atoms with Gasteiger partial charge in [0.05, 0.1) is 6.10 Å². The van der Waals surface area contributed by atoms with Gasteiger partial charge in [-0.25, -0.2) is 0 Å². The highest BCUT2D eigenvalue weighted by Gasteiger charge is 2.28. The Morgan fingerprint density at radius 3 is 2.20 bits per heavy atom. The number of alkyl halides is 3. The van der Waals surface area contributed by atoms with Gasteiger partial charge in [0, 0.05) is 0 Å². The van der Waals surface area contributed by atoms with Crippen molar-refractivity contribution in [3.05, 3.63) is 0 Å². The first-order chi connectivity index (χ1) is 4.45. The van der Waals surface area contributed by atoms with Crippen LogP contribution >= 0.6 is 0 Å². The van der Waals surface area contributed by atoms with Crippen molar-refractivity contribution in [2.75, 3.05) is 6.61 Å². The Labute approximate surface area is 58.2 Å². The van der Waals surface area contributed by atoms with Crippen LogP contribution in [0.15, 0.2) is 0 Å². The molecule has 0 radical (unpaired) electrons. The Bertz CT molecular complexity index is 89.5. The summed E-state index contributed by atoms with van der Waals surface area (Å²) in [6.45, 7) is 2.26. The first-order valence-electron chi connectivity index (χ1n) is 3.14. The molecule has 0 aliphatic rings. The third-order valence-electron chi connectivity index (χ3n) is 1.11. The standard InChI is InChI=1S/C6H11F3O/c1-3-5(2)10-4-6(7,8)9/h5H,3-4H2,1-2H3/t5-/m0/s1. The summed E-state index contributed by atoms with van der Waals surface area (Å²) in [6.07, 6.45) is -3.89. The Morgan fingerprint density at radius 1 is 1.40 bits per heavy atom. The van der Waals surface area contributed by atoms with Crippen LogP contribution in [-0.2, 0) is 4.74 Å². The van der Waals surface area contributed by atoms with Crippen LogP contribution in [0.2, 0.25) is 0 Å². The summed E-state index contributed by atoms with van der Waals surface area (Å²) in [4.78, 5) is 0. The van der Waals surface area contributed by atoms with Gasteiger partial charge < -0.3 is 4.74 Å². The molecule has 0 amide bonds. The van der Waals surface area contributed by atoms with E-state index >= 15 is 0 Å². The molecule has 0 aromatic heterocycles. The number of hydrogen-bond acceptors (Lipinski definition) is 1. The molecule has 0 aromatic rings. The summed E-state index contributed by atoms with van der Waals surface area (Å²) in [6, 6.07) is 0. The van der Waals surface area contributed by atoms with Gasteiger partial charge in [-0.05, 0) is 13.3 Å². The summed E-state index contributed by atoms with van der Waals surface area (Å²) in [5.41, 5.74) is 0. The highest BCUT2D eigenvalue weighted by atomic mass is 19.4. The van der Waals surface area contributed by atoms with Crippen LogP contribution in [0.4, 0.5) is 13.2 Å². The quantitative estimate of drug-likeness (QED) is 0.609. The number of halogens is 3. The smallest absolute Gasteiger partial charge is 0.369 e. The van der Waals surface area contributed by atoms with E-state index in [1.54, 1.807) is 13.8 Å². The van der Waals surface area contributed by atoms with Crippen molar-refractivity contribution in [3.8, 4) is 0 Å². The molecule has 0 rings (SSSR count). The molecular weight excluding hydrogens is 145 g/mol. The lowest BCUT2D eigenvalue weighted by Crippen LogP contribution is -2.21. The van der Waals surface area contributed by atoms with E-state index in [1.807, 2.05) is 0 Å². The third-order valence-corrected chi connectivity index (χ3v) is 1.11. The van der Waals surface area contributed by atoms with E-state index in [-0.39, 0.29) is 6.10 Å². The fraction of sp³-hybridized carbons (Fsp3) is 1.00. The molecule has 0 aromatic carbocycles. The molecule has 1 atom stereocenters. The minimum absolute atomic E-state index is 0.304. The Kier molecular flexibility index (Phi) is 3.71. The van der Waals surface area contributed by atoms with Crippen molar-refractivity contribution < 1.29 is 17.9 Å². The van der Waals surface area contributed by atoms with Crippen LogP contribution in [0.5, 0.6) is 0 Å². The minimum Gasteiger partial charge on any atom is -0.369 e. The minimum atomic E-state index is -4.19. The lowest BCUT2D eigenvalue weighted by atomic mass is 10.3. The maximum atomic E-state index is 11.4. The van der Waals surface area contributed by atoms with E-state index in [0.29, 0.717) is 6.42 Å². The average Bonchev–Trinajstić information content (AvgIpc) is 1.81. The van der Waals surface area contributed by atoms with Gasteiger partial charge in [-0.2, -0.15) is 13.2 Å². The third kappa shape index (κ3) is 5.88. The molecule has 0 saturated heterocycles. The van der Waals surface area contributed by atoms with Crippen molar-refractivity contribution in [3.63, 3.8) is 0 Å². The van der Waals surface area contributed by atoms with Gasteiger partial charge in [-0.15, -0.1) is 0 Å². The topological polar surface area (TPSA) is 9.23 Å². The van der Waals surface area contributed by atoms with Crippen molar-refractivity contribution in [1.82, 2.24) is 0 Å². The van der Waals surface area contributed by atoms with Crippen LogP contribution in [0.1, 0.15) is 20.3 Å². The average molecular weight is 156 g/mol. The maximum absolute atomic E-state index is 11.4. The van der Waals surface area contributed by atoms with Crippen molar-refractivity contribution >= 4 is 0 Å². The predicted molar refractivity (Wildman–Crippen MR) is 31.8 cm³/mol. The number of rotatable bonds is 3. The second-order valence-corrected chi connectivity index (χ2v) is 2.15. The zero-order valence-corrected chi connectivity index (χ0v) is 6.03. The fourth-order valence-corrected chi connectivity index (χ4v) is 0.355. The van der Waals surface area contributed by atoms with Crippen molar-refractivity contribution in [1.29, 1.82) is 0 Å². The fourth-order valence-electron chi connectivity index (χ4n) is 0.355. The van der Waals surface area contributed by atoms with Crippen LogP contribution in [0.3, 0.4) is 0 Å². The van der Waals surface area contributed by atoms with Gasteiger partial charge in [0.25, 0.3) is 0 Å². The molecule has 0 aliphatic carbocycles. The Hall–Kier alpha value is -0.250. The zero-order chi connectivity index (χ0) is 8.20. The highest BCUT2D eigenvalue weighted by molar-refractivity contribution is 4.50. The van der Waals surface area contributed by atoms with Gasteiger partial charge >= 0.3 is 6.18 Å². The van der Waals surface area contributed by atoms with Gasteiger partial charge in [0.2, 0.25) is 0 Å². The van der Waals surface area contributed by atoms with Crippen LogP contribution in [0.25, 0.3) is 0 Å². The monoisotopic (exact) mass is 156 g/mol. The predicted octanol–water partition coefficient (Wildman–Crippen LogP) is 2.36. The number of hydrogen-bond donors (Lipinski definition) is 0. The van der Waals surface area contributed by atoms with Gasteiger partial charge in [0.15, 0.2) is 0 Å². The molecule has 4 heteroatoms. The molecular formula is C6H11F3O. The van der Waals surface area contributed by atoms with E-state index in [1.165, 1.54) is 0 Å². The summed E-state index contributed by atoms with van der Waals surface area (Å²) in [5.74, 6) is 0. The zero-order valence-electron chi connectivity index (χ0n) is 6.03. The first kappa shape index (κ1) is 9.75. The first-order valence-corrected chi connectivity index (χ1v) is 3.14. The molecule has 1 nitrogen and oxygen atoms in total. The summed E-state index contributed by atoms with van der Waals surface area (Å²) in [7, 11) is 0. The Balaban J connectivity index is 3.36. The normalized spacial score (nSPS) is 15.3. The summed E-state index contributed by atoms with van der Waals surface area (Å²) >= 11 is 0. The van der Waals surface area contributed by atoms with E-state index in [0.717, 1.165) is 0 Å². The van der Waals surface area contributed by atoms with Crippen LogP contribution < -0.4 is 0 Å². The summed E-state index contributed by atoms with van der Waals surface area (Å²) < 4.78 is 38.7. The van der Waals surface area contributed by atoms with Crippen LogP contribution in [-0.4, -0.2) is 18.9 Å². The maximum Gasteiger partial charge on any atom is 0.411 e. The molecule has 0 heterocycles. The summed E-state index contributed by atoms with van der Waals surface area (Å²) in [5, 5.41) is 0. The SMILES string of the molecule is CC[C@H](C)OCC(F)(F)F. The van der Waals surface area contributed by atoms with Crippen LogP contribution in [0, 0.1) is 0 Å². The lowest BCUT2D eigenvalue weighted by Gasteiger charge is -2.11. The molecule has 0 N–H and O–H groups in total. The molecule has 0 saturated carbocycles. The second kappa shape index (κ2) is 3.81.